The first-order chi connectivity index (χ1) is 8.33. The lowest BCUT2D eigenvalue weighted by atomic mass is 9.79. The fraction of sp³-hybridized carbons (Fsp3) is 0.533. The van der Waals surface area contributed by atoms with Gasteiger partial charge in [0.2, 0.25) is 0 Å². The average molecular weight is 229 g/mol. The summed E-state index contributed by atoms with van der Waals surface area (Å²) in [5, 5.41) is 8.88. The third-order valence-corrected chi connectivity index (χ3v) is 3.57. The number of hydrogen-bond donors (Lipinski definition) is 0. The molecule has 0 bridgehead atoms. The highest BCUT2D eigenvalue weighted by molar-refractivity contribution is 5.29. The van der Waals surface area contributed by atoms with E-state index in [1.165, 1.54) is 5.56 Å². The van der Waals surface area contributed by atoms with Crippen molar-refractivity contribution in [2.24, 2.45) is 5.92 Å². The van der Waals surface area contributed by atoms with Crippen molar-refractivity contribution in [2.75, 3.05) is 6.61 Å². The number of hydrogen-bond acceptors (Lipinski definition) is 2. The first kappa shape index (κ1) is 12.0. The monoisotopic (exact) mass is 229 g/mol. The van der Waals surface area contributed by atoms with Crippen molar-refractivity contribution in [3.05, 3.63) is 29.8 Å². The molecule has 1 saturated carbocycles. The molecular formula is C15H19NO. The van der Waals surface area contributed by atoms with Crippen molar-refractivity contribution >= 4 is 0 Å². The first-order valence-electron chi connectivity index (χ1n) is 6.46. The molecule has 0 aromatic heterocycles. The summed E-state index contributed by atoms with van der Waals surface area (Å²) >= 11 is 0. The average Bonchev–Trinajstić information content (AvgIpc) is 2.40. The lowest BCUT2D eigenvalue weighted by molar-refractivity contribution is 0.339. The van der Waals surface area contributed by atoms with Gasteiger partial charge in [0.1, 0.15) is 5.75 Å². The molecule has 90 valence electrons. The zero-order chi connectivity index (χ0) is 12.1. The maximum absolute atomic E-state index is 8.88. The van der Waals surface area contributed by atoms with Crippen LogP contribution in [0.15, 0.2) is 24.3 Å². The lowest BCUT2D eigenvalue weighted by Gasteiger charge is -2.25. The molecule has 1 aliphatic rings. The van der Waals surface area contributed by atoms with Crippen molar-refractivity contribution in [2.45, 2.75) is 38.5 Å². The first-order valence-corrected chi connectivity index (χ1v) is 6.46. The summed E-state index contributed by atoms with van der Waals surface area (Å²) in [6.07, 6.45) is 4.39. The smallest absolute Gasteiger partial charge is 0.119 e. The molecule has 0 aliphatic heterocycles. The maximum atomic E-state index is 8.88. The van der Waals surface area contributed by atoms with Crippen LogP contribution in [0.2, 0.25) is 0 Å². The maximum Gasteiger partial charge on any atom is 0.119 e. The Balaban J connectivity index is 1.97. The standard InChI is InChI=1S/C15H19NO/c1-2-17-15-9-7-14(8-10-15)13-5-3-12(11-16)4-6-13/h7-10,12-13H,2-6H2,1H3. The van der Waals surface area contributed by atoms with E-state index in [-0.39, 0.29) is 5.92 Å². The highest BCUT2D eigenvalue weighted by Crippen LogP contribution is 2.35. The summed E-state index contributed by atoms with van der Waals surface area (Å²) in [6, 6.07) is 10.8. The van der Waals surface area contributed by atoms with E-state index in [1.54, 1.807) is 0 Å². The summed E-state index contributed by atoms with van der Waals surface area (Å²) in [7, 11) is 0. The Morgan fingerprint density at radius 3 is 2.35 bits per heavy atom. The van der Waals surface area contributed by atoms with Gasteiger partial charge in [-0.2, -0.15) is 5.26 Å². The second-order valence-corrected chi connectivity index (χ2v) is 4.68. The Labute approximate surface area is 103 Å². The van der Waals surface area contributed by atoms with Gasteiger partial charge in [-0.05, 0) is 56.2 Å². The molecule has 1 aromatic carbocycles. The van der Waals surface area contributed by atoms with E-state index >= 15 is 0 Å². The van der Waals surface area contributed by atoms with Gasteiger partial charge in [-0.1, -0.05) is 12.1 Å². The lowest BCUT2D eigenvalue weighted by Crippen LogP contribution is -2.11. The van der Waals surface area contributed by atoms with Crippen LogP contribution in [0, 0.1) is 17.2 Å². The van der Waals surface area contributed by atoms with Gasteiger partial charge >= 0.3 is 0 Å². The minimum atomic E-state index is 0.286. The summed E-state index contributed by atoms with van der Waals surface area (Å²) in [4.78, 5) is 0. The van der Waals surface area contributed by atoms with E-state index in [4.69, 9.17) is 10.00 Å². The predicted octanol–water partition coefficient (Wildman–Crippen LogP) is 3.88. The molecule has 2 rings (SSSR count). The van der Waals surface area contributed by atoms with Crippen LogP contribution in [0.3, 0.4) is 0 Å². The van der Waals surface area contributed by atoms with Gasteiger partial charge in [-0.15, -0.1) is 0 Å². The van der Waals surface area contributed by atoms with Crippen LogP contribution >= 0.6 is 0 Å². The third-order valence-electron chi connectivity index (χ3n) is 3.57. The molecule has 2 heteroatoms. The van der Waals surface area contributed by atoms with Crippen LogP contribution in [-0.4, -0.2) is 6.61 Å². The molecule has 17 heavy (non-hydrogen) atoms. The van der Waals surface area contributed by atoms with Gasteiger partial charge in [-0.25, -0.2) is 0 Å². The van der Waals surface area contributed by atoms with E-state index in [9.17, 15) is 0 Å². The number of rotatable bonds is 3. The Bertz CT molecular complexity index is 382. The van der Waals surface area contributed by atoms with Crippen LogP contribution in [0.4, 0.5) is 0 Å². The second-order valence-electron chi connectivity index (χ2n) is 4.68. The van der Waals surface area contributed by atoms with Crippen LogP contribution in [0.25, 0.3) is 0 Å². The van der Waals surface area contributed by atoms with Crippen LogP contribution in [0.5, 0.6) is 5.75 Å². The molecule has 0 heterocycles. The largest absolute Gasteiger partial charge is 0.494 e. The topological polar surface area (TPSA) is 33.0 Å². The third kappa shape index (κ3) is 3.00. The number of benzene rings is 1. The Morgan fingerprint density at radius 1 is 1.18 bits per heavy atom. The normalized spacial score (nSPS) is 24.0. The summed E-state index contributed by atoms with van der Waals surface area (Å²) in [5.41, 5.74) is 1.39. The molecule has 2 nitrogen and oxygen atoms in total. The predicted molar refractivity (Wildman–Crippen MR) is 67.9 cm³/mol. The highest BCUT2D eigenvalue weighted by Gasteiger charge is 2.21. The van der Waals surface area contributed by atoms with E-state index in [2.05, 4.69) is 30.3 Å². The minimum Gasteiger partial charge on any atom is -0.494 e. The van der Waals surface area contributed by atoms with Crippen LogP contribution in [0.1, 0.15) is 44.1 Å². The van der Waals surface area contributed by atoms with Crippen molar-refractivity contribution in [3.8, 4) is 11.8 Å². The molecule has 0 unspecified atom stereocenters. The van der Waals surface area contributed by atoms with E-state index in [0.717, 1.165) is 31.4 Å². The molecule has 0 radical (unpaired) electrons. The van der Waals surface area contributed by atoms with Crippen molar-refractivity contribution in [1.82, 2.24) is 0 Å². The number of ether oxygens (including phenoxy) is 1. The zero-order valence-corrected chi connectivity index (χ0v) is 10.4. The van der Waals surface area contributed by atoms with E-state index < -0.39 is 0 Å². The Hall–Kier alpha value is -1.49. The summed E-state index contributed by atoms with van der Waals surface area (Å²) in [5.74, 6) is 1.87. The van der Waals surface area contributed by atoms with Crippen molar-refractivity contribution < 1.29 is 4.74 Å². The van der Waals surface area contributed by atoms with Crippen LogP contribution in [-0.2, 0) is 0 Å². The van der Waals surface area contributed by atoms with Gasteiger partial charge in [0.05, 0.1) is 12.7 Å². The highest BCUT2D eigenvalue weighted by atomic mass is 16.5. The SMILES string of the molecule is CCOc1ccc(C2CCC(C#N)CC2)cc1. The number of nitrogens with zero attached hydrogens (tertiary/aromatic N) is 1. The number of nitriles is 1. The molecule has 0 spiro atoms. The van der Waals surface area contributed by atoms with Crippen molar-refractivity contribution in [3.63, 3.8) is 0 Å². The molecule has 0 N–H and O–H groups in total. The Kier molecular flexibility index (Phi) is 4.03. The van der Waals surface area contributed by atoms with Gasteiger partial charge in [0.25, 0.3) is 0 Å². The van der Waals surface area contributed by atoms with E-state index in [0.29, 0.717) is 12.5 Å². The summed E-state index contributed by atoms with van der Waals surface area (Å²) in [6.45, 7) is 2.71. The molecule has 0 atom stereocenters. The summed E-state index contributed by atoms with van der Waals surface area (Å²) < 4.78 is 5.44. The van der Waals surface area contributed by atoms with Gasteiger partial charge in [0.15, 0.2) is 0 Å². The van der Waals surface area contributed by atoms with Crippen molar-refractivity contribution in [1.29, 1.82) is 5.26 Å². The zero-order valence-electron chi connectivity index (χ0n) is 10.4. The quantitative estimate of drug-likeness (QED) is 0.788. The van der Waals surface area contributed by atoms with Gasteiger partial charge in [-0.3, -0.25) is 0 Å². The van der Waals surface area contributed by atoms with Gasteiger partial charge in [0, 0.05) is 5.92 Å². The molecular weight excluding hydrogens is 210 g/mol. The molecule has 0 amide bonds. The minimum absolute atomic E-state index is 0.286. The molecule has 1 aliphatic carbocycles. The van der Waals surface area contributed by atoms with Crippen LogP contribution < -0.4 is 4.74 Å². The molecule has 1 fully saturated rings. The second kappa shape index (κ2) is 5.72. The molecule has 1 aromatic rings. The fourth-order valence-electron chi connectivity index (χ4n) is 2.56. The van der Waals surface area contributed by atoms with Gasteiger partial charge < -0.3 is 4.74 Å². The van der Waals surface area contributed by atoms with E-state index in [1.807, 2.05) is 6.92 Å². The Morgan fingerprint density at radius 2 is 1.82 bits per heavy atom. The molecule has 0 saturated heterocycles. The fourth-order valence-corrected chi connectivity index (χ4v) is 2.56.